The van der Waals surface area contributed by atoms with Crippen LogP contribution in [0.1, 0.15) is 30.0 Å². The van der Waals surface area contributed by atoms with Gasteiger partial charge in [0, 0.05) is 25.7 Å². The Balaban J connectivity index is 1.62. The number of carbonyl (C=O) groups is 2. The van der Waals surface area contributed by atoms with Crippen molar-refractivity contribution in [1.82, 2.24) is 14.9 Å². The number of benzene rings is 1. The van der Waals surface area contributed by atoms with Gasteiger partial charge in [0.1, 0.15) is 0 Å². The van der Waals surface area contributed by atoms with Gasteiger partial charge in [-0.2, -0.15) is 4.31 Å². The lowest BCUT2D eigenvalue weighted by Gasteiger charge is -2.40. The molecule has 0 aliphatic carbocycles. The Labute approximate surface area is 188 Å². The molecule has 2 amide bonds. The minimum atomic E-state index is -3.91. The Morgan fingerprint density at radius 3 is 2.41 bits per heavy atom. The van der Waals surface area contributed by atoms with Gasteiger partial charge in [-0.15, -0.1) is 0 Å². The standard InChI is InChI=1S/C23H29N3O5S/c1-4-20(27)25-22-16(2)14-26(15-17(22)3)32(29,30)21-11-10-19(31-21)23(28)24-13-12-18-8-6-5-7-9-18/h4-11,16-17,22H,1,12-15H2,2-3H3,(H,24,28)(H,25,27). The van der Waals surface area contributed by atoms with Crippen LogP contribution in [0.15, 0.2) is 64.6 Å². The third-order valence-electron chi connectivity index (χ3n) is 5.65. The first-order valence-corrected chi connectivity index (χ1v) is 12.0. The highest BCUT2D eigenvalue weighted by Crippen LogP contribution is 2.28. The van der Waals surface area contributed by atoms with Gasteiger partial charge in [-0.25, -0.2) is 8.42 Å². The number of amides is 2. The van der Waals surface area contributed by atoms with E-state index in [1.807, 2.05) is 44.2 Å². The zero-order chi connectivity index (χ0) is 23.3. The molecule has 172 valence electrons. The second kappa shape index (κ2) is 10.1. The van der Waals surface area contributed by atoms with Crippen molar-refractivity contribution in [2.75, 3.05) is 19.6 Å². The van der Waals surface area contributed by atoms with Crippen molar-refractivity contribution in [2.24, 2.45) is 11.8 Å². The van der Waals surface area contributed by atoms with Crippen molar-refractivity contribution < 1.29 is 22.4 Å². The quantitative estimate of drug-likeness (QED) is 0.589. The largest absolute Gasteiger partial charge is 0.438 e. The summed E-state index contributed by atoms with van der Waals surface area (Å²) in [5, 5.41) is 5.36. The van der Waals surface area contributed by atoms with Gasteiger partial charge in [-0.1, -0.05) is 50.8 Å². The van der Waals surface area contributed by atoms with Gasteiger partial charge < -0.3 is 15.1 Å². The van der Waals surface area contributed by atoms with Crippen molar-refractivity contribution in [2.45, 2.75) is 31.4 Å². The molecule has 32 heavy (non-hydrogen) atoms. The minimum absolute atomic E-state index is 0.0501. The molecule has 0 radical (unpaired) electrons. The molecular weight excluding hydrogens is 430 g/mol. The Morgan fingerprint density at radius 1 is 1.12 bits per heavy atom. The molecule has 2 aromatic rings. The summed E-state index contributed by atoms with van der Waals surface area (Å²) in [7, 11) is -3.91. The lowest BCUT2D eigenvalue weighted by Crippen LogP contribution is -2.55. The predicted molar refractivity (Wildman–Crippen MR) is 120 cm³/mol. The van der Waals surface area contributed by atoms with E-state index < -0.39 is 15.9 Å². The monoisotopic (exact) mass is 459 g/mol. The summed E-state index contributed by atoms with van der Waals surface area (Å²) >= 11 is 0. The number of carbonyl (C=O) groups excluding carboxylic acids is 2. The molecule has 1 fully saturated rings. The van der Waals surface area contributed by atoms with Gasteiger partial charge in [0.2, 0.25) is 11.0 Å². The summed E-state index contributed by atoms with van der Waals surface area (Å²) in [4.78, 5) is 24.0. The number of nitrogens with zero attached hydrogens (tertiary/aromatic N) is 1. The SMILES string of the molecule is C=CC(=O)NC1C(C)CN(S(=O)(=O)c2ccc(C(=O)NCCc3ccccc3)o2)CC1C. The molecule has 2 N–H and O–H groups in total. The van der Waals surface area contributed by atoms with Crippen molar-refractivity contribution in [3.8, 4) is 0 Å². The topological polar surface area (TPSA) is 109 Å². The van der Waals surface area contributed by atoms with E-state index >= 15 is 0 Å². The van der Waals surface area contributed by atoms with Gasteiger partial charge in [0.05, 0.1) is 0 Å². The van der Waals surface area contributed by atoms with Gasteiger partial charge >= 0.3 is 0 Å². The van der Waals surface area contributed by atoms with E-state index in [1.165, 1.54) is 22.5 Å². The Hall–Kier alpha value is -2.91. The molecule has 8 nitrogen and oxygen atoms in total. The van der Waals surface area contributed by atoms with Crippen LogP contribution in [-0.2, 0) is 21.2 Å². The highest BCUT2D eigenvalue weighted by Gasteiger charge is 2.39. The fourth-order valence-electron chi connectivity index (χ4n) is 3.97. The van der Waals surface area contributed by atoms with E-state index in [9.17, 15) is 18.0 Å². The number of rotatable bonds is 8. The molecule has 9 heteroatoms. The Bertz CT molecular complexity index is 1050. The summed E-state index contributed by atoms with van der Waals surface area (Å²) in [5.41, 5.74) is 1.09. The number of furan rings is 1. The van der Waals surface area contributed by atoms with Crippen molar-refractivity contribution in [1.29, 1.82) is 0 Å². The average molecular weight is 460 g/mol. The molecule has 1 aliphatic heterocycles. The maximum atomic E-state index is 13.1. The highest BCUT2D eigenvalue weighted by molar-refractivity contribution is 7.89. The third-order valence-corrected chi connectivity index (χ3v) is 7.35. The first kappa shape index (κ1) is 23.7. The van der Waals surface area contributed by atoms with Crippen LogP contribution < -0.4 is 10.6 Å². The smallest absolute Gasteiger partial charge is 0.287 e. The molecule has 1 aromatic heterocycles. The van der Waals surface area contributed by atoms with Crippen molar-refractivity contribution >= 4 is 21.8 Å². The summed E-state index contributed by atoms with van der Waals surface area (Å²) in [6.45, 7) is 8.10. The molecule has 2 heterocycles. The van der Waals surface area contributed by atoms with Crippen molar-refractivity contribution in [3.63, 3.8) is 0 Å². The zero-order valence-electron chi connectivity index (χ0n) is 18.3. The van der Waals surface area contributed by atoms with Gasteiger partial charge in [-0.3, -0.25) is 9.59 Å². The molecule has 1 aliphatic rings. The van der Waals surface area contributed by atoms with E-state index in [4.69, 9.17) is 4.42 Å². The van der Waals surface area contributed by atoms with E-state index in [0.717, 1.165) is 5.56 Å². The summed E-state index contributed by atoms with van der Waals surface area (Å²) in [5.74, 6) is -0.999. The lowest BCUT2D eigenvalue weighted by atomic mass is 9.87. The summed E-state index contributed by atoms with van der Waals surface area (Å²) < 4.78 is 33.0. The molecule has 0 saturated carbocycles. The van der Waals surface area contributed by atoms with Crippen LogP contribution in [0, 0.1) is 11.8 Å². The second-order valence-corrected chi connectivity index (χ2v) is 9.99. The van der Waals surface area contributed by atoms with Gasteiger partial charge in [-0.05, 0) is 42.0 Å². The predicted octanol–water partition coefficient (Wildman–Crippen LogP) is 2.20. The highest BCUT2D eigenvalue weighted by atomic mass is 32.2. The van der Waals surface area contributed by atoms with E-state index in [-0.39, 0.29) is 47.7 Å². The maximum absolute atomic E-state index is 13.1. The molecule has 1 saturated heterocycles. The lowest BCUT2D eigenvalue weighted by molar-refractivity contribution is -0.118. The van der Waals surface area contributed by atoms with E-state index in [0.29, 0.717) is 13.0 Å². The van der Waals surface area contributed by atoms with Gasteiger partial charge in [0.15, 0.2) is 5.76 Å². The summed E-state index contributed by atoms with van der Waals surface area (Å²) in [6, 6.07) is 12.2. The normalized spacial score (nSPS) is 21.6. The number of piperidine rings is 1. The van der Waals surface area contributed by atoms with Crippen LogP contribution in [0.5, 0.6) is 0 Å². The van der Waals surface area contributed by atoms with E-state index in [2.05, 4.69) is 17.2 Å². The fraction of sp³-hybridized carbons (Fsp3) is 0.391. The number of hydrogen-bond donors (Lipinski definition) is 2. The number of hydrogen-bond acceptors (Lipinski definition) is 5. The molecule has 2 unspecified atom stereocenters. The third kappa shape index (κ3) is 5.46. The first-order chi connectivity index (χ1) is 15.2. The molecule has 1 aromatic carbocycles. The fourth-order valence-corrected chi connectivity index (χ4v) is 5.52. The van der Waals surface area contributed by atoms with Crippen LogP contribution in [0.2, 0.25) is 0 Å². The zero-order valence-corrected chi connectivity index (χ0v) is 19.1. The number of nitrogens with one attached hydrogen (secondary N) is 2. The van der Waals surface area contributed by atoms with Crippen LogP contribution in [-0.4, -0.2) is 50.2 Å². The van der Waals surface area contributed by atoms with Crippen LogP contribution >= 0.6 is 0 Å². The Kier molecular flexibility index (Phi) is 7.52. The molecular formula is C23H29N3O5S. The molecule has 3 rings (SSSR count). The molecule has 2 atom stereocenters. The van der Waals surface area contributed by atoms with Crippen molar-refractivity contribution in [3.05, 3.63) is 66.4 Å². The maximum Gasteiger partial charge on any atom is 0.287 e. The van der Waals surface area contributed by atoms with Crippen LogP contribution in [0.3, 0.4) is 0 Å². The van der Waals surface area contributed by atoms with Gasteiger partial charge in [0.25, 0.3) is 15.9 Å². The van der Waals surface area contributed by atoms with Crippen LogP contribution in [0.25, 0.3) is 0 Å². The molecule has 0 spiro atoms. The van der Waals surface area contributed by atoms with E-state index in [1.54, 1.807) is 0 Å². The number of sulfonamides is 1. The summed E-state index contributed by atoms with van der Waals surface area (Å²) in [6.07, 6.45) is 1.86. The average Bonchev–Trinajstić information content (AvgIpc) is 3.28. The first-order valence-electron chi connectivity index (χ1n) is 10.6. The minimum Gasteiger partial charge on any atom is -0.438 e. The Morgan fingerprint density at radius 2 is 1.78 bits per heavy atom. The molecule has 0 bridgehead atoms. The van der Waals surface area contributed by atoms with Crippen LogP contribution in [0.4, 0.5) is 0 Å². The second-order valence-electron chi connectivity index (χ2n) is 8.13.